The number of carbonyl (C=O) groups excluding carboxylic acids is 1. The molecule has 0 aliphatic rings. The van der Waals surface area contributed by atoms with Crippen LogP contribution in [0.4, 0.5) is 0 Å². The van der Waals surface area contributed by atoms with Gasteiger partial charge in [-0.2, -0.15) is 4.80 Å². The van der Waals surface area contributed by atoms with E-state index in [-0.39, 0.29) is 5.91 Å². The summed E-state index contributed by atoms with van der Waals surface area (Å²) in [6.07, 6.45) is 0.585. The first kappa shape index (κ1) is 16.4. The molecule has 118 valence electrons. The first-order valence-corrected chi connectivity index (χ1v) is 7.51. The van der Waals surface area contributed by atoms with Gasteiger partial charge in [-0.3, -0.25) is 4.79 Å². The van der Waals surface area contributed by atoms with E-state index in [1.54, 1.807) is 12.1 Å². The van der Waals surface area contributed by atoms with Crippen LogP contribution < -0.4 is 10.6 Å². The number of aromatic nitrogens is 4. The van der Waals surface area contributed by atoms with Crippen molar-refractivity contribution in [1.82, 2.24) is 30.8 Å². The van der Waals surface area contributed by atoms with Crippen molar-refractivity contribution in [2.75, 3.05) is 20.1 Å². The van der Waals surface area contributed by atoms with E-state index >= 15 is 0 Å². The number of carbonyl (C=O) groups is 1. The van der Waals surface area contributed by atoms with Crippen molar-refractivity contribution in [2.24, 2.45) is 0 Å². The van der Waals surface area contributed by atoms with Crippen LogP contribution in [0.15, 0.2) is 24.3 Å². The van der Waals surface area contributed by atoms with Crippen LogP contribution in [0.1, 0.15) is 19.4 Å². The number of nitrogens with zero attached hydrogens (tertiary/aromatic N) is 4. The summed E-state index contributed by atoms with van der Waals surface area (Å²) in [6, 6.07) is 6.69. The molecule has 8 heteroatoms. The SMILES string of the molecule is CCC(C(=O)NCCNC)n1nnc(-c2ccc(Cl)cc2)n1. The standard InChI is InChI=1S/C14H19ClN6O/c1-3-12(14(22)17-9-8-16-2)21-19-13(18-20-21)10-4-6-11(15)7-5-10/h4-7,12,16H,3,8-9H2,1-2H3,(H,17,22). The molecular formula is C14H19ClN6O. The molecule has 1 heterocycles. The molecule has 1 atom stereocenters. The molecule has 2 N–H and O–H groups in total. The quantitative estimate of drug-likeness (QED) is 0.750. The summed E-state index contributed by atoms with van der Waals surface area (Å²) in [6.45, 7) is 3.18. The monoisotopic (exact) mass is 322 g/mol. The molecule has 1 amide bonds. The first-order chi connectivity index (χ1) is 10.7. The van der Waals surface area contributed by atoms with Gasteiger partial charge in [-0.1, -0.05) is 18.5 Å². The van der Waals surface area contributed by atoms with Crippen molar-refractivity contribution in [2.45, 2.75) is 19.4 Å². The zero-order chi connectivity index (χ0) is 15.9. The van der Waals surface area contributed by atoms with Gasteiger partial charge in [-0.05, 0) is 42.9 Å². The second-order valence-corrected chi connectivity index (χ2v) is 5.20. The molecule has 0 aliphatic carbocycles. The molecule has 0 aliphatic heterocycles. The maximum atomic E-state index is 12.2. The molecule has 1 aromatic carbocycles. The second kappa shape index (κ2) is 7.86. The molecule has 0 radical (unpaired) electrons. The molecule has 1 aromatic heterocycles. The lowest BCUT2D eigenvalue weighted by Crippen LogP contribution is -2.36. The van der Waals surface area contributed by atoms with Crippen molar-refractivity contribution in [3.63, 3.8) is 0 Å². The first-order valence-electron chi connectivity index (χ1n) is 7.13. The lowest BCUT2D eigenvalue weighted by atomic mass is 10.2. The van der Waals surface area contributed by atoms with Gasteiger partial charge in [-0.25, -0.2) is 0 Å². The molecule has 0 fully saturated rings. The van der Waals surface area contributed by atoms with Gasteiger partial charge in [0.05, 0.1) is 0 Å². The molecule has 0 saturated heterocycles. The van der Waals surface area contributed by atoms with Crippen molar-refractivity contribution in [3.8, 4) is 11.4 Å². The van der Waals surface area contributed by atoms with Crippen LogP contribution in [0, 0.1) is 0 Å². The number of rotatable bonds is 7. The zero-order valence-electron chi connectivity index (χ0n) is 12.6. The van der Waals surface area contributed by atoms with Gasteiger partial charge in [0.1, 0.15) is 0 Å². The fourth-order valence-electron chi connectivity index (χ4n) is 1.95. The van der Waals surface area contributed by atoms with Crippen molar-refractivity contribution < 1.29 is 4.79 Å². The molecular weight excluding hydrogens is 304 g/mol. The van der Waals surface area contributed by atoms with Crippen LogP contribution in [0.3, 0.4) is 0 Å². The number of likely N-dealkylation sites (N-methyl/N-ethyl adjacent to an activating group) is 1. The molecule has 1 unspecified atom stereocenters. The average Bonchev–Trinajstić information content (AvgIpc) is 2.98. The third-order valence-electron chi connectivity index (χ3n) is 3.17. The minimum absolute atomic E-state index is 0.113. The van der Waals surface area contributed by atoms with Crippen LogP contribution >= 0.6 is 11.6 Å². The van der Waals surface area contributed by atoms with Crippen LogP contribution in [0.25, 0.3) is 11.4 Å². The number of halogens is 1. The van der Waals surface area contributed by atoms with Gasteiger partial charge < -0.3 is 10.6 Å². The summed E-state index contributed by atoms with van der Waals surface area (Å²) in [5.41, 5.74) is 0.807. The van der Waals surface area contributed by atoms with Crippen LogP contribution in [0.2, 0.25) is 5.02 Å². The number of benzene rings is 1. The van der Waals surface area contributed by atoms with Crippen molar-refractivity contribution >= 4 is 17.5 Å². The van der Waals surface area contributed by atoms with Gasteiger partial charge in [0, 0.05) is 23.7 Å². The third-order valence-corrected chi connectivity index (χ3v) is 3.43. The Kier molecular flexibility index (Phi) is 5.85. The Balaban J connectivity index is 2.10. The highest BCUT2D eigenvalue weighted by atomic mass is 35.5. The summed E-state index contributed by atoms with van der Waals surface area (Å²) in [4.78, 5) is 13.5. The molecule has 22 heavy (non-hydrogen) atoms. The van der Waals surface area contributed by atoms with Crippen LogP contribution in [-0.2, 0) is 4.79 Å². The Morgan fingerprint density at radius 1 is 1.32 bits per heavy atom. The molecule has 0 bridgehead atoms. The molecule has 7 nitrogen and oxygen atoms in total. The maximum Gasteiger partial charge on any atom is 0.246 e. The summed E-state index contributed by atoms with van der Waals surface area (Å²) in [7, 11) is 1.83. The Morgan fingerprint density at radius 3 is 2.68 bits per heavy atom. The number of nitrogens with one attached hydrogen (secondary N) is 2. The predicted octanol–water partition coefficient (Wildman–Crippen LogP) is 1.28. The number of hydrogen-bond donors (Lipinski definition) is 2. The molecule has 2 aromatic rings. The highest BCUT2D eigenvalue weighted by Crippen LogP contribution is 2.18. The fourth-order valence-corrected chi connectivity index (χ4v) is 2.08. The normalized spacial score (nSPS) is 12.1. The fraction of sp³-hybridized carbons (Fsp3) is 0.429. The minimum atomic E-state index is -0.467. The van der Waals surface area contributed by atoms with E-state index in [4.69, 9.17) is 11.6 Å². The Hall–Kier alpha value is -1.99. The van der Waals surface area contributed by atoms with E-state index in [1.807, 2.05) is 26.1 Å². The number of amides is 1. The average molecular weight is 323 g/mol. The Labute approximate surface area is 134 Å². The van der Waals surface area contributed by atoms with Gasteiger partial charge >= 0.3 is 0 Å². The van der Waals surface area contributed by atoms with E-state index < -0.39 is 6.04 Å². The molecule has 0 saturated carbocycles. The highest BCUT2D eigenvalue weighted by Gasteiger charge is 2.21. The zero-order valence-corrected chi connectivity index (χ0v) is 13.3. The highest BCUT2D eigenvalue weighted by molar-refractivity contribution is 6.30. The lowest BCUT2D eigenvalue weighted by Gasteiger charge is -2.13. The van der Waals surface area contributed by atoms with Gasteiger partial charge in [0.2, 0.25) is 11.7 Å². The summed E-state index contributed by atoms with van der Waals surface area (Å²) in [5.74, 6) is 0.357. The van der Waals surface area contributed by atoms with E-state index in [0.717, 1.165) is 5.56 Å². The van der Waals surface area contributed by atoms with Crippen LogP contribution in [-0.4, -0.2) is 46.3 Å². The van der Waals surface area contributed by atoms with Crippen molar-refractivity contribution in [1.29, 1.82) is 0 Å². The smallest absolute Gasteiger partial charge is 0.246 e. The third kappa shape index (κ3) is 4.02. The van der Waals surface area contributed by atoms with E-state index in [9.17, 15) is 4.79 Å². The van der Waals surface area contributed by atoms with Gasteiger partial charge in [-0.15, -0.1) is 10.2 Å². The van der Waals surface area contributed by atoms with E-state index in [0.29, 0.717) is 30.4 Å². The Morgan fingerprint density at radius 2 is 2.05 bits per heavy atom. The van der Waals surface area contributed by atoms with Gasteiger partial charge in [0.25, 0.3) is 0 Å². The van der Waals surface area contributed by atoms with Crippen LogP contribution in [0.5, 0.6) is 0 Å². The minimum Gasteiger partial charge on any atom is -0.353 e. The predicted molar refractivity (Wildman–Crippen MR) is 84.5 cm³/mol. The molecule has 2 rings (SSSR count). The summed E-state index contributed by atoms with van der Waals surface area (Å²) in [5, 5.41) is 18.8. The van der Waals surface area contributed by atoms with E-state index in [2.05, 4.69) is 26.0 Å². The molecule has 0 spiro atoms. The summed E-state index contributed by atoms with van der Waals surface area (Å²) < 4.78 is 0. The topological polar surface area (TPSA) is 84.7 Å². The number of hydrogen-bond acceptors (Lipinski definition) is 5. The lowest BCUT2D eigenvalue weighted by molar-refractivity contribution is -0.125. The van der Waals surface area contributed by atoms with Crippen molar-refractivity contribution in [3.05, 3.63) is 29.3 Å². The summed E-state index contributed by atoms with van der Waals surface area (Å²) >= 11 is 5.86. The Bertz CT molecular complexity index is 612. The van der Waals surface area contributed by atoms with E-state index in [1.165, 1.54) is 4.80 Å². The van der Waals surface area contributed by atoms with Gasteiger partial charge in [0.15, 0.2) is 6.04 Å². The second-order valence-electron chi connectivity index (χ2n) is 4.76. The largest absolute Gasteiger partial charge is 0.353 e. The number of tetrazole rings is 1. The maximum absolute atomic E-state index is 12.2.